The third-order valence-electron chi connectivity index (χ3n) is 4.55. The first-order valence-electron chi connectivity index (χ1n) is 8.39. The van der Waals surface area contributed by atoms with Crippen LogP contribution in [-0.4, -0.2) is 53.6 Å². The molecule has 2 heterocycles. The Kier molecular flexibility index (Phi) is 5.38. The fourth-order valence-corrected chi connectivity index (χ4v) is 5.53. The van der Waals surface area contributed by atoms with Gasteiger partial charge in [-0.25, -0.2) is 13.4 Å². The Bertz CT molecular complexity index is 829. The Labute approximate surface area is 151 Å². The summed E-state index contributed by atoms with van der Waals surface area (Å²) in [5.74, 6) is 0.351. The van der Waals surface area contributed by atoms with Crippen LogP contribution >= 0.6 is 11.8 Å². The van der Waals surface area contributed by atoms with Crippen LogP contribution in [0.25, 0.3) is 11.1 Å². The summed E-state index contributed by atoms with van der Waals surface area (Å²) < 4.78 is 29.2. The number of aromatic nitrogens is 1. The normalized spacial score (nSPS) is 20.6. The van der Waals surface area contributed by atoms with Crippen LogP contribution in [0.3, 0.4) is 0 Å². The van der Waals surface area contributed by atoms with E-state index in [-0.39, 0.29) is 35.2 Å². The number of nitrogens with zero attached hydrogens (tertiary/aromatic N) is 2. The van der Waals surface area contributed by atoms with Crippen molar-refractivity contribution in [1.82, 2.24) is 9.88 Å². The highest BCUT2D eigenvalue weighted by molar-refractivity contribution is 7.99. The van der Waals surface area contributed by atoms with Gasteiger partial charge in [0.15, 0.2) is 15.4 Å². The molecular weight excluding hydrogens is 360 g/mol. The molecule has 0 aliphatic carbocycles. The number of fused-ring (bicyclic) bond motifs is 1. The van der Waals surface area contributed by atoms with Gasteiger partial charge in [-0.15, -0.1) is 0 Å². The molecule has 0 spiro atoms. The zero-order valence-electron chi connectivity index (χ0n) is 14.3. The lowest BCUT2D eigenvalue weighted by Crippen LogP contribution is -2.47. The molecule has 1 fully saturated rings. The number of amides is 1. The molecule has 3 rings (SSSR count). The van der Waals surface area contributed by atoms with Crippen LogP contribution in [0, 0.1) is 0 Å². The molecule has 2 atom stereocenters. The fraction of sp³-hybridized carbons (Fsp3) is 0.529. The SMILES string of the molecule is CC[C@H](C)N(C(=O)CSc1nc2ccccc2o1)[C@@H]1CCS(=O)(=O)C1. The van der Waals surface area contributed by atoms with Crippen molar-refractivity contribution in [2.24, 2.45) is 0 Å². The summed E-state index contributed by atoms with van der Waals surface area (Å²) in [7, 11) is -3.03. The fourth-order valence-electron chi connectivity index (χ4n) is 3.11. The first kappa shape index (κ1) is 18.3. The van der Waals surface area contributed by atoms with Crippen LogP contribution in [0.15, 0.2) is 33.9 Å². The molecule has 2 aromatic rings. The third kappa shape index (κ3) is 4.17. The van der Waals surface area contributed by atoms with Crippen molar-refractivity contribution >= 4 is 38.6 Å². The van der Waals surface area contributed by atoms with E-state index in [1.54, 1.807) is 4.90 Å². The Morgan fingerprint density at radius 3 is 2.84 bits per heavy atom. The number of hydrogen-bond acceptors (Lipinski definition) is 6. The van der Waals surface area contributed by atoms with E-state index in [1.807, 2.05) is 38.1 Å². The van der Waals surface area contributed by atoms with E-state index in [0.717, 1.165) is 11.9 Å². The predicted octanol–water partition coefficient (Wildman–Crippen LogP) is 2.73. The van der Waals surface area contributed by atoms with Crippen molar-refractivity contribution in [2.75, 3.05) is 17.3 Å². The Hall–Kier alpha value is -1.54. The lowest BCUT2D eigenvalue weighted by Gasteiger charge is -2.33. The number of sulfone groups is 1. The summed E-state index contributed by atoms with van der Waals surface area (Å²) in [5.41, 5.74) is 1.45. The van der Waals surface area contributed by atoms with Gasteiger partial charge >= 0.3 is 0 Å². The zero-order valence-corrected chi connectivity index (χ0v) is 16.0. The summed E-state index contributed by atoms with van der Waals surface area (Å²) in [6, 6.07) is 7.24. The van der Waals surface area contributed by atoms with E-state index in [9.17, 15) is 13.2 Å². The third-order valence-corrected chi connectivity index (χ3v) is 7.11. The predicted molar refractivity (Wildman–Crippen MR) is 98.4 cm³/mol. The van der Waals surface area contributed by atoms with Gasteiger partial charge in [-0.3, -0.25) is 4.79 Å². The van der Waals surface area contributed by atoms with Crippen LogP contribution < -0.4 is 0 Å². The molecular formula is C17H22N2O4S2. The molecule has 0 unspecified atom stereocenters. The first-order valence-corrected chi connectivity index (χ1v) is 11.2. The van der Waals surface area contributed by atoms with Gasteiger partial charge in [-0.2, -0.15) is 0 Å². The van der Waals surface area contributed by atoms with E-state index in [0.29, 0.717) is 17.2 Å². The smallest absolute Gasteiger partial charge is 0.257 e. The van der Waals surface area contributed by atoms with E-state index >= 15 is 0 Å². The molecule has 6 nitrogen and oxygen atoms in total. The van der Waals surface area contributed by atoms with Crippen molar-refractivity contribution in [3.05, 3.63) is 24.3 Å². The quantitative estimate of drug-likeness (QED) is 0.715. The molecule has 1 saturated heterocycles. The van der Waals surface area contributed by atoms with Gasteiger partial charge in [-0.05, 0) is 31.9 Å². The number of hydrogen-bond donors (Lipinski definition) is 0. The molecule has 136 valence electrons. The maximum absolute atomic E-state index is 12.8. The van der Waals surface area contributed by atoms with Crippen LogP contribution in [-0.2, 0) is 14.6 Å². The van der Waals surface area contributed by atoms with Crippen LogP contribution in [0.5, 0.6) is 0 Å². The molecule has 0 bridgehead atoms. The topological polar surface area (TPSA) is 80.5 Å². The van der Waals surface area contributed by atoms with Crippen molar-refractivity contribution in [3.8, 4) is 0 Å². The highest BCUT2D eigenvalue weighted by atomic mass is 32.2. The molecule has 25 heavy (non-hydrogen) atoms. The number of para-hydroxylation sites is 2. The molecule has 1 aromatic heterocycles. The number of carbonyl (C=O) groups is 1. The molecule has 0 N–H and O–H groups in total. The van der Waals surface area contributed by atoms with Gasteiger partial charge in [-0.1, -0.05) is 30.8 Å². The lowest BCUT2D eigenvalue weighted by molar-refractivity contribution is -0.132. The average molecular weight is 383 g/mol. The molecule has 1 aliphatic rings. The van der Waals surface area contributed by atoms with Crippen molar-refractivity contribution in [2.45, 2.75) is 44.0 Å². The Balaban J connectivity index is 1.69. The van der Waals surface area contributed by atoms with Crippen molar-refractivity contribution in [1.29, 1.82) is 0 Å². The maximum atomic E-state index is 12.8. The van der Waals surface area contributed by atoms with E-state index < -0.39 is 9.84 Å². The average Bonchev–Trinajstić information content (AvgIpc) is 3.15. The minimum atomic E-state index is -3.03. The Morgan fingerprint density at radius 2 is 2.20 bits per heavy atom. The number of oxazole rings is 1. The van der Waals surface area contributed by atoms with E-state index in [1.165, 1.54) is 11.8 Å². The molecule has 1 aliphatic heterocycles. The largest absolute Gasteiger partial charge is 0.431 e. The molecule has 0 radical (unpaired) electrons. The van der Waals surface area contributed by atoms with Gasteiger partial charge in [0.2, 0.25) is 5.91 Å². The van der Waals surface area contributed by atoms with Gasteiger partial charge in [0.05, 0.1) is 17.3 Å². The second-order valence-electron chi connectivity index (χ2n) is 6.35. The highest BCUT2D eigenvalue weighted by Crippen LogP contribution is 2.26. The van der Waals surface area contributed by atoms with Gasteiger partial charge in [0.1, 0.15) is 5.52 Å². The second kappa shape index (κ2) is 7.37. The minimum absolute atomic E-state index is 0.00929. The van der Waals surface area contributed by atoms with Crippen molar-refractivity contribution in [3.63, 3.8) is 0 Å². The molecule has 8 heteroatoms. The number of thioether (sulfide) groups is 1. The van der Waals surface area contributed by atoms with E-state index in [2.05, 4.69) is 4.98 Å². The standard InChI is InChI=1S/C17H22N2O4S2/c1-3-12(2)19(13-8-9-25(21,22)11-13)16(20)10-24-17-18-14-6-4-5-7-15(14)23-17/h4-7,12-13H,3,8-11H2,1-2H3/t12-,13+/m0/s1. The van der Waals surface area contributed by atoms with Crippen molar-refractivity contribution < 1.29 is 17.6 Å². The number of benzene rings is 1. The molecule has 1 amide bonds. The van der Waals surface area contributed by atoms with Crippen LogP contribution in [0.4, 0.5) is 0 Å². The lowest BCUT2D eigenvalue weighted by atomic mass is 10.1. The minimum Gasteiger partial charge on any atom is -0.431 e. The van der Waals surface area contributed by atoms with Gasteiger partial charge in [0.25, 0.3) is 5.22 Å². The van der Waals surface area contributed by atoms with Gasteiger partial charge < -0.3 is 9.32 Å². The first-order chi connectivity index (χ1) is 11.9. The molecule has 1 aromatic carbocycles. The zero-order chi connectivity index (χ0) is 18.0. The summed E-state index contributed by atoms with van der Waals surface area (Å²) in [6.07, 6.45) is 1.31. The van der Waals surface area contributed by atoms with Crippen LogP contribution in [0.1, 0.15) is 26.7 Å². The van der Waals surface area contributed by atoms with Gasteiger partial charge in [0, 0.05) is 12.1 Å². The monoisotopic (exact) mass is 382 g/mol. The number of carbonyl (C=O) groups excluding carboxylic acids is 1. The maximum Gasteiger partial charge on any atom is 0.257 e. The summed E-state index contributed by atoms with van der Waals surface area (Å²) in [4.78, 5) is 18.9. The van der Waals surface area contributed by atoms with Crippen LogP contribution in [0.2, 0.25) is 0 Å². The highest BCUT2D eigenvalue weighted by Gasteiger charge is 2.36. The summed E-state index contributed by atoms with van der Waals surface area (Å²) in [6.45, 7) is 3.97. The Morgan fingerprint density at radius 1 is 1.44 bits per heavy atom. The second-order valence-corrected chi connectivity index (χ2v) is 9.51. The summed E-state index contributed by atoms with van der Waals surface area (Å²) in [5, 5.41) is 0.456. The number of rotatable bonds is 6. The summed E-state index contributed by atoms with van der Waals surface area (Å²) >= 11 is 1.25. The van der Waals surface area contributed by atoms with E-state index in [4.69, 9.17) is 4.42 Å². The molecule has 0 saturated carbocycles.